The van der Waals surface area contributed by atoms with Crippen LogP contribution in [0, 0.1) is 6.92 Å². The summed E-state index contributed by atoms with van der Waals surface area (Å²) in [5.41, 5.74) is 2.15. The first kappa shape index (κ1) is 22.7. The number of carbonyl (C=O) groups excluding carboxylic acids is 1. The largest absolute Gasteiger partial charge is 0.463 e. The monoisotopic (exact) mass is 496 g/mol. The van der Waals surface area contributed by atoms with E-state index in [1.165, 1.54) is 17.0 Å². The Hall–Kier alpha value is -4.05. The maximum atomic E-state index is 13.8. The number of halogens is 3. The molecule has 1 N–H and O–H groups in total. The molecular weight excluding hydrogens is 478 g/mol. The number of fused-ring (bicyclic) bond motifs is 1. The predicted octanol–water partition coefficient (Wildman–Crippen LogP) is 5.47. The van der Waals surface area contributed by atoms with Crippen LogP contribution in [0.3, 0.4) is 0 Å². The van der Waals surface area contributed by atoms with E-state index >= 15 is 0 Å². The zero-order valence-electron chi connectivity index (χ0n) is 18.5. The highest BCUT2D eigenvalue weighted by molar-refractivity contribution is 6.30. The highest BCUT2D eigenvalue weighted by Crippen LogP contribution is 2.33. The SMILES string of the molecule is Cc1nn(CC(=O)Nc2ccc(Cn3cc(Cl)cn3)cc2)c2nc(-c3ccco3)cc(C(F)F)c12. The van der Waals surface area contributed by atoms with E-state index in [1.807, 2.05) is 12.1 Å². The van der Waals surface area contributed by atoms with Gasteiger partial charge in [-0.25, -0.2) is 18.4 Å². The minimum absolute atomic E-state index is 0.190. The molecule has 0 fully saturated rings. The van der Waals surface area contributed by atoms with Gasteiger partial charge >= 0.3 is 0 Å². The van der Waals surface area contributed by atoms with E-state index in [9.17, 15) is 13.6 Å². The second-order valence-electron chi connectivity index (χ2n) is 7.92. The van der Waals surface area contributed by atoms with Crippen LogP contribution >= 0.6 is 11.6 Å². The van der Waals surface area contributed by atoms with Gasteiger partial charge in [0.25, 0.3) is 6.43 Å². The fraction of sp³-hybridized carbons (Fsp3) is 0.167. The number of carbonyl (C=O) groups is 1. The number of hydrogen-bond acceptors (Lipinski definition) is 5. The number of aromatic nitrogens is 5. The molecule has 5 aromatic rings. The molecule has 0 aliphatic heterocycles. The van der Waals surface area contributed by atoms with Crippen LogP contribution in [0.4, 0.5) is 14.5 Å². The third kappa shape index (κ3) is 4.78. The summed E-state index contributed by atoms with van der Waals surface area (Å²) in [5, 5.41) is 12.0. The summed E-state index contributed by atoms with van der Waals surface area (Å²) in [4.78, 5) is 17.2. The molecule has 1 aromatic carbocycles. The standard InChI is InChI=1S/C24H19ClF2N6O2/c1-14-22-18(23(26)27)9-19(20-3-2-8-35-20)30-24(22)33(31-14)13-21(34)29-17-6-4-15(5-7-17)11-32-12-16(25)10-28-32/h2-10,12,23H,11,13H2,1H3,(H,29,34). The van der Waals surface area contributed by atoms with Crippen LogP contribution in [-0.2, 0) is 17.9 Å². The maximum Gasteiger partial charge on any atom is 0.264 e. The summed E-state index contributed by atoms with van der Waals surface area (Å²) in [7, 11) is 0. The molecule has 0 saturated carbocycles. The molecule has 8 nitrogen and oxygen atoms in total. The number of hydrogen-bond donors (Lipinski definition) is 1. The van der Waals surface area contributed by atoms with Gasteiger partial charge in [-0.3, -0.25) is 9.48 Å². The van der Waals surface area contributed by atoms with Crippen LogP contribution in [0.15, 0.2) is 65.5 Å². The normalized spacial score (nSPS) is 11.5. The molecule has 0 spiro atoms. The molecule has 0 bridgehead atoms. The van der Waals surface area contributed by atoms with E-state index in [0.29, 0.717) is 28.7 Å². The van der Waals surface area contributed by atoms with Crippen LogP contribution in [0.25, 0.3) is 22.5 Å². The number of alkyl halides is 2. The molecule has 4 aromatic heterocycles. The summed E-state index contributed by atoms with van der Waals surface area (Å²) in [6.07, 6.45) is 1.98. The molecular formula is C24H19ClF2N6O2. The molecule has 5 rings (SSSR count). The van der Waals surface area contributed by atoms with Crippen molar-refractivity contribution in [2.24, 2.45) is 0 Å². The number of nitrogens with zero attached hydrogens (tertiary/aromatic N) is 5. The van der Waals surface area contributed by atoms with Gasteiger partial charge in [-0.1, -0.05) is 23.7 Å². The number of pyridine rings is 1. The van der Waals surface area contributed by atoms with Crippen molar-refractivity contribution in [2.75, 3.05) is 5.32 Å². The van der Waals surface area contributed by atoms with Crippen molar-refractivity contribution in [3.63, 3.8) is 0 Å². The zero-order valence-corrected chi connectivity index (χ0v) is 19.2. The first-order chi connectivity index (χ1) is 16.9. The Morgan fingerprint density at radius 1 is 1.23 bits per heavy atom. The van der Waals surface area contributed by atoms with Gasteiger partial charge in [0.05, 0.1) is 35.1 Å². The number of nitrogens with one attached hydrogen (secondary N) is 1. The summed E-state index contributed by atoms with van der Waals surface area (Å²) < 4.78 is 36.0. The second kappa shape index (κ2) is 9.30. The third-order valence-corrected chi connectivity index (χ3v) is 5.59. The summed E-state index contributed by atoms with van der Waals surface area (Å²) in [6, 6.07) is 11.8. The lowest BCUT2D eigenvalue weighted by Crippen LogP contribution is -2.20. The van der Waals surface area contributed by atoms with Gasteiger partial charge in [-0.05, 0) is 42.8 Å². The topological polar surface area (TPSA) is 90.8 Å². The van der Waals surface area contributed by atoms with E-state index in [2.05, 4.69) is 20.5 Å². The van der Waals surface area contributed by atoms with Crippen molar-refractivity contribution in [3.05, 3.63) is 83.0 Å². The van der Waals surface area contributed by atoms with E-state index in [1.54, 1.807) is 48.3 Å². The van der Waals surface area contributed by atoms with Crippen molar-refractivity contribution in [2.45, 2.75) is 26.4 Å². The molecule has 0 unspecified atom stereocenters. The summed E-state index contributed by atoms with van der Waals surface area (Å²) in [5.74, 6) is -0.0223. The van der Waals surface area contributed by atoms with Gasteiger partial charge in [0.1, 0.15) is 12.2 Å². The molecule has 178 valence electrons. The maximum absolute atomic E-state index is 13.8. The number of furan rings is 1. The lowest BCUT2D eigenvalue weighted by atomic mass is 10.1. The second-order valence-corrected chi connectivity index (χ2v) is 8.35. The Morgan fingerprint density at radius 2 is 2.03 bits per heavy atom. The number of anilines is 1. The highest BCUT2D eigenvalue weighted by Gasteiger charge is 2.22. The van der Waals surface area contributed by atoms with Gasteiger partial charge in [-0.2, -0.15) is 10.2 Å². The quantitative estimate of drug-likeness (QED) is 0.322. The average Bonchev–Trinajstić information content (AvgIpc) is 3.56. The molecule has 35 heavy (non-hydrogen) atoms. The van der Waals surface area contributed by atoms with Crippen molar-refractivity contribution >= 4 is 34.2 Å². The molecule has 0 atom stereocenters. The Bertz CT molecular complexity index is 1490. The number of aryl methyl sites for hydroxylation is 1. The third-order valence-electron chi connectivity index (χ3n) is 5.39. The zero-order chi connectivity index (χ0) is 24.5. The molecule has 0 aliphatic rings. The molecule has 1 amide bonds. The molecule has 4 heterocycles. The van der Waals surface area contributed by atoms with E-state index in [0.717, 1.165) is 5.56 Å². The number of rotatable bonds is 7. The minimum Gasteiger partial charge on any atom is -0.463 e. The van der Waals surface area contributed by atoms with E-state index < -0.39 is 6.43 Å². The van der Waals surface area contributed by atoms with Crippen LogP contribution in [0.1, 0.15) is 23.2 Å². The lowest BCUT2D eigenvalue weighted by Gasteiger charge is -2.09. The lowest BCUT2D eigenvalue weighted by molar-refractivity contribution is -0.116. The van der Waals surface area contributed by atoms with E-state index in [-0.39, 0.29) is 34.7 Å². The fourth-order valence-corrected chi connectivity index (χ4v) is 4.02. The fourth-order valence-electron chi connectivity index (χ4n) is 3.86. The summed E-state index contributed by atoms with van der Waals surface area (Å²) >= 11 is 5.89. The van der Waals surface area contributed by atoms with Gasteiger partial charge in [-0.15, -0.1) is 0 Å². The Morgan fingerprint density at radius 3 is 2.69 bits per heavy atom. The first-order valence-corrected chi connectivity index (χ1v) is 11.0. The van der Waals surface area contributed by atoms with Crippen molar-refractivity contribution < 1.29 is 18.0 Å². The van der Waals surface area contributed by atoms with Crippen molar-refractivity contribution in [1.29, 1.82) is 0 Å². The van der Waals surface area contributed by atoms with Gasteiger partial charge < -0.3 is 9.73 Å². The van der Waals surface area contributed by atoms with Crippen molar-refractivity contribution in [3.8, 4) is 11.5 Å². The van der Waals surface area contributed by atoms with Gasteiger partial charge in [0.15, 0.2) is 11.4 Å². The summed E-state index contributed by atoms with van der Waals surface area (Å²) in [6.45, 7) is 1.95. The van der Waals surface area contributed by atoms with Gasteiger partial charge in [0.2, 0.25) is 5.91 Å². The van der Waals surface area contributed by atoms with E-state index in [4.69, 9.17) is 16.0 Å². The molecule has 0 radical (unpaired) electrons. The van der Waals surface area contributed by atoms with Crippen molar-refractivity contribution in [1.82, 2.24) is 24.5 Å². The first-order valence-electron chi connectivity index (χ1n) is 10.6. The smallest absolute Gasteiger partial charge is 0.264 e. The number of benzene rings is 1. The van der Waals surface area contributed by atoms with Crippen LogP contribution in [0.2, 0.25) is 5.02 Å². The minimum atomic E-state index is -2.74. The Balaban J connectivity index is 1.36. The van der Waals surface area contributed by atoms with Gasteiger partial charge in [0, 0.05) is 17.4 Å². The molecule has 11 heteroatoms. The number of amides is 1. The molecule has 0 saturated heterocycles. The van der Waals surface area contributed by atoms with Crippen LogP contribution in [0.5, 0.6) is 0 Å². The Kier molecular flexibility index (Phi) is 6.04. The van der Waals surface area contributed by atoms with Crippen LogP contribution in [-0.4, -0.2) is 30.5 Å². The predicted molar refractivity (Wildman–Crippen MR) is 126 cm³/mol. The average molecular weight is 497 g/mol. The molecule has 0 aliphatic carbocycles. The highest BCUT2D eigenvalue weighted by atomic mass is 35.5. The van der Waals surface area contributed by atoms with Crippen LogP contribution < -0.4 is 5.32 Å². The Labute approximate surface area is 203 Å².